The van der Waals surface area contributed by atoms with E-state index in [1.165, 1.54) is 5.57 Å². The number of aldehydes is 1. The van der Waals surface area contributed by atoms with Gasteiger partial charge in [0.05, 0.1) is 11.0 Å². The van der Waals surface area contributed by atoms with Crippen LogP contribution < -0.4 is 0 Å². The molecule has 3 nitrogen and oxygen atoms in total. The van der Waals surface area contributed by atoms with E-state index in [0.717, 1.165) is 17.3 Å². The Morgan fingerprint density at radius 3 is 2.81 bits per heavy atom. The van der Waals surface area contributed by atoms with Gasteiger partial charge < -0.3 is 4.57 Å². The number of aromatic nitrogens is 2. The lowest BCUT2D eigenvalue weighted by Gasteiger charge is -2.02. The van der Waals surface area contributed by atoms with Crippen molar-refractivity contribution in [3.8, 4) is 0 Å². The third kappa shape index (κ3) is 1.89. The molecule has 0 atom stereocenters. The number of rotatable bonds is 3. The SMILES string of the molecule is CC(C)=CCn1c(C=O)nc2ccccc21. The molecule has 0 spiro atoms. The van der Waals surface area contributed by atoms with E-state index >= 15 is 0 Å². The molecule has 0 aliphatic rings. The highest BCUT2D eigenvalue weighted by Gasteiger charge is 2.07. The molecule has 0 N–H and O–H groups in total. The number of nitrogens with zero attached hydrogens (tertiary/aromatic N) is 2. The van der Waals surface area contributed by atoms with Gasteiger partial charge in [-0.15, -0.1) is 0 Å². The second-order valence-electron chi connectivity index (χ2n) is 3.97. The number of carbonyl (C=O) groups excluding carboxylic acids is 1. The third-order valence-electron chi connectivity index (χ3n) is 2.47. The molecule has 1 heterocycles. The average molecular weight is 214 g/mol. The first-order valence-corrected chi connectivity index (χ1v) is 5.26. The highest BCUT2D eigenvalue weighted by atomic mass is 16.1. The third-order valence-corrected chi connectivity index (χ3v) is 2.47. The number of carbonyl (C=O) groups is 1. The van der Waals surface area contributed by atoms with Gasteiger partial charge in [-0.25, -0.2) is 4.98 Å². The van der Waals surface area contributed by atoms with Gasteiger partial charge in [0.1, 0.15) is 0 Å². The molecule has 0 aliphatic heterocycles. The van der Waals surface area contributed by atoms with Gasteiger partial charge in [0.2, 0.25) is 0 Å². The van der Waals surface area contributed by atoms with Crippen LogP contribution in [0.15, 0.2) is 35.9 Å². The fourth-order valence-corrected chi connectivity index (χ4v) is 1.65. The molecule has 82 valence electrons. The van der Waals surface area contributed by atoms with Crippen molar-refractivity contribution in [3.63, 3.8) is 0 Å². The number of hydrogen-bond donors (Lipinski definition) is 0. The van der Waals surface area contributed by atoms with Gasteiger partial charge in [-0.2, -0.15) is 0 Å². The molecule has 0 saturated heterocycles. The Morgan fingerprint density at radius 2 is 2.12 bits per heavy atom. The maximum absolute atomic E-state index is 10.9. The molecule has 0 radical (unpaired) electrons. The van der Waals surface area contributed by atoms with E-state index in [0.29, 0.717) is 12.4 Å². The zero-order valence-corrected chi connectivity index (χ0v) is 9.47. The molecule has 0 unspecified atom stereocenters. The lowest BCUT2D eigenvalue weighted by molar-refractivity contribution is 0.111. The topological polar surface area (TPSA) is 34.9 Å². The van der Waals surface area contributed by atoms with Crippen molar-refractivity contribution in [2.45, 2.75) is 20.4 Å². The van der Waals surface area contributed by atoms with Crippen molar-refractivity contribution >= 4 is 17.3 Å². The lowest BCUT2D eigenvalue weighted by Crippen LogP contribution is -2.01. The van der Waals surface area contributed by atoms with Gasteiger partial charge in [0.15, 0.2) is 12.1 Å². The monoisotopic (exact) mass is 214 g/mol. The predicted molar refractivity (Wildman–Crippen MR) is 64.6 cm³/mol. The van der Waals surface area contributed by atoms with E-state index in [1.807, 2.05) is 42.7 Å². The Bertz CT molecular complexity index is 548. The van der Waals surface area contributed by atoms with Gasteiger partial charge in [0.25, 0.3) is 0 Å². The first kappa shape index (κ1) is 10.6. The molecule has 2 aromatic rings. The number of imidazole rings is 1. The molecule has 3 heteroatoms. The molecule has 0 fully saturated rings. The van der Waals surface area contributed by atoms with Crippen LogP contribution in [0.2, 0.25) is 0 Å². The van der Waals surface area contributed by atoms with Gasteiger partial charge in [0, 0.05) is 6.54 Å². The van der Waals surface area contributed by atoms with Crippen molar-refractivity contribution in [2.75, 3.05) is 0 Å². The highest BCUT2D eigenvalue weighted by Crippen LogP contribution is 2.15. The quantitative estimate of drug-likeness (QED) is 0.581. The summed E-state index contributed by atoms with van der Waals surface area (Å²) in [7, 11) is 0. The second kappa shape index (κ2) is 4.31. The van der Waals surface area contributed by atoms with Gasteiger partial charge in [-0.1, -0.05) is 23.8 Å². The van der Waals surface area contributed by atoms with E-state index in [9.17, 15) is 4.79 Å². The Balaban J connectivity index is 2.55. The summed E-state index contributed by atoms with van der Waals surface area (Å²) in [6.07, 6.45) is 2.89. The largest absolute Gasteiger partial charge is 0.318 e. The molecule has 0 saturated carbocycles. The molecule has 2 rings (SSSR count). The van der Waals surface area contributed by atoms with Crippen molar-refractivity contribution in [1.82, 2.24) is 9.55 Å². The van der Waals surface area contributed by atoms with Crippen LogP contribution in [0.25, 0.3) is 11.0 Å². The summed E-state index contributed by atoms with van der Waals surface area (Å²) in [5, 5.41) is 0. The van der Waals surface area contributed by atoms with E-state index < -0.39 is 0 Å². The molecular weight excluding hydrogens is 200 g/mol. The summed E-state index contributed by atoms with van der Waals surface area (Å²) in [5.41, 5.74) is 3.10. The maximum Gasteiger partial charge on any atom is 0.185 e. The second-order valence-corrected chi connectivity index (χ2v) is 3.97. The van der Waals surface area contributed by atoms with Crippen LogP contribution in [0.3, 0.4) is 0 Å². The maximum atomic E-state index is 10.9. The Hall–Kier alpha value is -1.90. The van der Waals surface area contributed by atoms with E-state index in [1.54, 1.807) is 0 Å². The summed E-state index contributed by atoms with van der Waals surface area (Å²) < 4.78 is 1.93. The summed E-state index contributed by atoms with van der Waals surface area (Å²) in [6.45, 7) is 4.77. The lowest BCUT2D eigenvalue weighted by atomic mass is 10.3. The standard InChI is InChI=1S/C13H14N2O/c1-10(2)7-8-15-12-6-4-3-5-11(12)14-13(15)9-16/h3-7,9H,8H2,1-2H3. The van der Waals surface area contributed by atoms with Crippen LogP contribution in [-0.2, 0) is 6.54 Å². The number of para-hydroxylation sites is 2. The fraction of sp³-hybridized carbons (Fsp3) is 0.231. The predicted octanol–water partition coefficient (Wildman–Crippen LogP) is 2.82. The van der Waals surface area contributed by atoms with Crippen LogP contribution in [0.5, 0.6) is 0 Å². The van der Waals surface area contributed by atoms with Crippen LogP contribution in [0, 0.1) is 0 Å². The van der Waals surface area contributed by atoms with Crippen molar-refractivity contribution in [2.24, 2.45) is 0 Å². The van der Waals surface area contributed by atoms with Crippen LogP contribution in [-0.4, -0.2) is 15.8 Å². The number of hydrogen-bond acceptors (Lipinski definition) is 2. The van der Waals surface area contributed by atoms with Crippen molar-refractivity contribution in [3.05, 3.63) is 41.7 Å². The zero-order chi connectivity index (χ0) is 11.5. The molecule has 0 amide bonds. The van der Waals surface area contributed by atoms with Crippen LogP contribution >= 0.6 is 0 Å². The van der Waals surface area contributed by atoms with E-state index in [4.69, 9.17) is 0 Å². The van der Waals surface area contributed by atoms with Gasteiger partial charge in [-0.3, -0.25) is 4.79 Å². The van der Waals surface area contributed by atoms with E-state index in [2.05, 4.69) is 11.1 Å². The van der Waals surface area contributed by atoms with Gasteiger partial charge in [-0.05, 0) is 26.0 Å². The van der Waals surface area contributed by atoms with Crippen LogP contribution in [0.4, 0.5) is 0 Å². The minimum atomic E-state index is 0.485. The smallest absolute Gasteiger partial charge is 0.185 e. The average Bonchev–Trinajstić information content (AvgIpc) is 2.64. The Morgan fingerprint density at radius 1 is 1.38 bits per heavy atom. The van der Waals surface area contributed by atoms with Crippen molar-refractivity contribution < 1.29 is 4.79 Å². The molecule has 1 aromatic heterocycles. The summed E-state index contributed by atoms with van der Waals surface area (Å²) in [5.74, 6) is 0.485. The first-order valence-electron chi connectivity index (χ1n) is 5.26. The van der Waals surface area contributed by atoms with Crippen molar-refractivity contribution in [1.29, 1.82) is 0 Å². The highest BCUT2D eigenvalue weighted by molar-refractivity contribution is 5.83. The summed E-state index contributed by atoms with van der Waals surface area (Å²) in [6, 6.07) is 7.78. The molecule has 16 heavy (non-hydrogen) atoms. The molecule has 0 bridgehead atoms. The fourth-order valence-electron chi connectivity index (χ4n) is 1.65. The summed E-state index contributed by atoms with van der Waals surface area (Å²) in [4.78, 5) is 15.2. The first-order chi connectivity index (χ1) is 7.72. The Kier molecular flexibility index (Phi) is 2.86. The van der Waals surface area contributed by atoms with E-state index in [-0.39, 0.29) is 0 Å². The minimum absolute atomic E-state index is 0.485. The Labute approximate surface area is 94.4 Å². The molecule has 1 aromatic carbocycles. The normalized spacial score (nSPS) is 10.4. The molecular formula is C13H14N2O. The zero-order valence-electron chi connectivity index (χ0n) is 9.47. The number of benzene rings is 1. The van der Waals surface area contributed by atoms with Gasteiger partial charge >= 0.3 is 0 Å². The number of allylic oxidation sites excluding steroid dienone is 2. The van der Waals surface area contributed by atoms with Crippen LogP contribution in [0.1, 0.15) is 24.5 Å². The minimum Gasteiger partial charge on any atom is -0.318 e. The molecule has 0 aliphatic carbocycles. The number of fused-ring (bicyclic) bond motifs is 1. The summed E-state index contributed by atoms with van der Waals surface area (Å²) >= 11 is 0.